The first-order valence-corrected chi connectivity index (χ1v) is 14.3. The maximum Gasteiger partial charge on any atom is 0.338 e. The van der Waals surface area contributed by atoms with E-state index < -0.39 is 76.1 Å². The SMILES string of the molecule is C[C@]12[C@H]3C[C@H]4O[C@@H]5[C@H](C[C@]41O)[C@@](C)(O)CC[C@@]52COC(=O)/C=C1/CCO[C@]2(CC/C=C\C(=O)O3)[C@@H]1OC(=O)[C@@H]2O. The molecule has 8 bridgehead atoms. The lowest BCUT2D eigenvalue weighted by atomic mass is 9.40. The standard InChI is InChI=1S/C29H36O11/c1-25(34)8-9-27-14-36-20(31)11-15-6-10-37-28(21(32)24(33)40-22(15)28)7-4-3-5-19(30)38-17-12-18-29(35,26(17,27)2)13-16(25)23(27)39-18/h3,5,11,16-18,21-23,32,34-35H,4,6-10,12-14H2,1-2H3/b5-3-,15-11-/t16-,17+,18+,21-,22+,23+,25-,26+,27+,28-,29-/m0/s1. The molecule has 11 nitrogen and oxygen atoms in total. The predicted octanol–water partition coefficient (Wildman–Crippen LogP) is 0.623. The van der Waals surface area contributed by atoms with Crippen molar-refractivity contribution in [1.82, 2.24) is 0 Å². The Morgan fingerprint density at radius 3 is 2.60 bits per heavy atom. The van der Waals surface area contributed by atoms with Gasteiger partial charge in [-0.1, -0.05) is 13.0 Å². The van der Waals surface area contributed by atoms with Crippen molar-refractivity contribution >= 4 is 17.9 Å². The smallest absolute Gasteiger partial charge is 0.338 e. The van der Waals surface area contributed by atoms with E-state index in [0.29, 0.717) is 37.7 Å². The second-order valence-electron chi connectivity index (χ2n) is 13.2. The summed E-state index contributed by atoms with van der Waals surface area (Å²) in [4.78, 5) is 38.8. The Labute approximate surface area is 231 Å². The Morgan fingerprint density at radius 1 is 1.00 bits per heavy atom. The van der Waals surface area contributed by atoms with Crippen LogP contribution in [0.4, 0.5) is 0 Å². The lowest BCUT2D eigenvalue weighted by molar-refractivity contribution is -0.377. The zero-order valence-corrected chi connectivity index (χ0v) is 22.7. The Morgan fingerprint density at radius 2 is 1.80 bits per heavy atom. The summed E-state index contributed by atoms with van der Waals surface area (Å²) in [6, 6.07) is 0. The lowest BCUT2D eigenvalue weighted by Crippen LogP contribution is -2.80. The van der Waals surface area contributed by atoms with E-state index in [0.717, 1.165) is 0 Å². The predicted molar refractivity (Wildman–Crippen MR) is 133 cm³/mol. The molecule has 3 N–H and O–H groups in total. The average Bonchev–Trinajstić information content (AvgIpc) is 3.24. The van der Waals surface area contributed by atoms with Crippen LogP contribution in [0.1, 0.15) is 58.8 Å². The first kappa shape index (κ1) is 26.6. The molecule has 11 atom stereocenters. The van der Waals surface area contributed by atoms with Crippen LogP contribution in [-0.2, 0) is 38.1 Å². The van der Waals surface area contributed by atoms with Crippen molar-refractivity contribution in [2.24, 2.45) is 16.7 Å². The highest BCUT2D eigenvalue weighted by atomic mass is 16.6. The Kier molecular flexibility index (Phi) is 5.57. The van der Waals surface area contributed by atoms with Crippen molar-refractivity contribution in [3.63, 3.8) is 0 Å². The first-order valence-electron chi connectivity index (χ1n) is 14.3. The minimum atomic E-state index is -1.54. The van der Waals surface area contributed by atoms with Crippen molar-refractivity contribution in [2.75, 3.05) is 13.2 Å². The van der Waals surface area contributed by atoms with Crippen molar-refractivity contribution in [2.45, 2.75) is 106 Å². The largest absolute Gasteiger partial charge is 0.462 e. The molecule has 0 aromatic heterocycles. The minimum absolute atomic E-state index is 0.114. The van der Waals surface area contributed by atoms with Crippen molar-refractivity contribution < 1.29 is 53.4 Å². The van der Waals surface area contributed by atoms with Gasteiger partial charge in [0.05, 0.1) is 24.4 Å². The normalized spacial score (nSPS) is 55.4. The number of esters is 3. The fraction of sp³-hybridized carbons (Fsp3) is 0.759. The fourth-order valence-electron chi connectivity index (χ4n) is 9.31. The quantitative estimate of drug-likeness (QED) is 0.282. The van der Waals surface area contributed by atoms with Gasteiger partial charge in [0.15, 0.2) is 12.2 Å². The van der Waals surface area contributed by atoms with Gasteiger partial charge in [-0.25, -0.2) is 14.4 Å². The van der Waals surface area contributed by atoms with Gasteiger partial charge < -0.3 is 39.0 Å². The van der Waals surface area contributed by atoms with Gasteiger partial charge in [0.2, 0.25) is 0 Å². The summed E-state index contributed by atoms with van der Waals surface area (Å²) in [6.07, 6.45) is 2.09. The molecule has 218 valence electrons. The van der Waals surface area contributed by atoms with Gasteiger partial charge in [0.25, 0.3) is 0 Å². The molecule has 40 heavy (non-hydrogen) atoms. The van der Waals surface area contributed by atoms with E-state index in [9.17, 15) is 29.7 Å². The van der Waals surface area contributed by atoms with Gasteiger partial charge in [-0.15, -0.1) is 0 Å². The number of hydrogen-bond acceptors (Lipinski definition) is 11. The van der Waals surface area contributed by atoms with Crippen LogP contribution in [0.15, 0.2) is 23.8 Å². The van der Waals surface area contributed by atoms with Gasteiger partial charge in [-0.05, 0) is 51.0 Å². The minimum Gasteiger partial charge on any atom is -0.462 e. The maximum absolute atomic E-state index is 13.3. The Hall–Kier alpha value is -2.31. The third-order valence-corrected chi connectivity index (χ3v) is 11.6. The molecule has 8 rings (SSSR count). The number of aliphatic hydroxyl groups excluding tert-OH is 1. The number of allylic oxidation sites excluding steroid dienone is 1. The fourth-order valence-corrected chi connectivity index (χ4v) is 9.31. The lowest BCUT2D eigenvalue weighted by Gasteiger charge is -2.71. The van der Waals surface area contributed by atoms with Crippen LogP contribution in [0.3, 0.4) is 0 Å². The summed E-state index contributed by atoms with van der Waals surface area (Å²) in [5.74, 6) is -2.46. The number of carbonyl (C=O) groups is 3. The van der Waals surface area contributed by atoms with Crippen LogP contribution in [0.25, 0.3) is 0 Å². The van der Waals surface area contributed by atoms with E-state index in [4.69, 9.17) is 23.7 Å². The molecule has 0 aromatic carbocycles. The Bertz CT molecular complexity index is 1220. The van der Waals surface area contributed by atoms with Crippen LogP contribution in [-0.4, -0.2) is 93.8 Å². The number of aliphatic hydroxyl groups is 3. The summed E-state index contributed by atoms with van der Waals surface area (Å²) >= 11 is 0. The van der Waals surface area contributed by atoms with Gasteiger partial charge in [0.1, 0.15) is 23.9 Å². The van der Waals surface area contributed by atoms with Gasteiger partial charge in [-0.3, -0.25) is 0 Å². The molecule has 5 aliphatic heterocycles. The number of hydrogen-bond donors (Lipinski definition) is 3. The second-order valence-corrected chi connectivity index (χ2v) is 13.2. The van der Waals surface area contributed by atoms with Crippen LogP contribution >= 0.6 is 0 Å². The molecule has 0 radical (unpaired) electrons. The zero-order valence-electron chi connectivity index (χ0n) is 22.7. The zero-order chi connectivity index (χ0) is 28.3. The molecule has 7 fully saturated rings. The number of cyclic esters (lactones) is 1. The molecule has 1 spiro atoms. The van der Waals surface area contributed by atoms with E-state index in [1.54, 1.807) is 13.0 Å². The van der Waals surface area contributed by atoms with E-state index in [1.165, 1.54) is 12.2 Å². The van der Waals surface area contributed by atoms with Crippen molar-refractivity contribution in [1.29, 1.82) is 0 Å². The number of ether oxygens (including phenoxy) is 5. The molecule has 0 unspecified atom stereocenters. The average molecular weight is 561 g/mol. The molecule has 11 heteroatoms. The summed E-state index contributed by atoms with van der Waals surface area (Å²) < 4.78 is 29.8. The van der Waals surface area contributed by atoms with E-state index >= 15 is 0 Å². The van der Waals surface area contributed by atoms with Crippen LogP contribution in [0.5, 0.6) is 0 Å². The monoisotopic (exact) mass is 560 g/mol. The first-order chi connectivity index (χ1) is 18.9. The molecule has 0 aromatic rings. The molecule has 0 amide bonds. The maximum atomic E-state index is 13.3. The third kappa shape index (κ3) is 3.15. The van der Waals surface area contributed by atoms with Crippen molar-refractivity contribution in [3.8, 4) is 0 Å². The number of carbonyl (C=O) groups excluding carboxylic acids is 3. The van der Waals surface area contributed by atoms with Gasteiger partial charge in [0, 0.05) is 35.3 Å². The molecule has 5 heterocycles. The van der Waals surface area contributed by atoms with E-state index in [1.807, 2.05) is 6.92 Å². The highest BCUT2D eigenvalue weighted by Gasteiger charge is 2.83. The summed E-state index contributed by atoms with van der Waals surface area (Å²) in [5.41, 5.74) is -5.27. The molecular weight excluding hydrogens is 524 g/mol. The summed E-state index contributed by atoms with van der Waals surface area (Å²) in [5, 5.41) is 34.2. The van der Waals surface area contributed by atoms with Crippen LogP contribution in [0.2, 0.25) is 0 Å². The van der Waals surface area contributed by atoms with Crippen LogP contribution < -0.4 is 0 Å². The van der Waals surface area contributed by atoms with Gasteiger partial charge >= 0.3 is 17.9 Å². The molecule has 3 aliphatic carbocycles. The number of rotatable bonds is 0. The van der Waals surface area contributed by atoms with Crippen molar-refractivity contribution in [3.05, 3.63) is 23.8 Å². The highest BCUT2D eigenvalue weighted by molar-refractivity contribution is 5.85. The summed E-state index contributed by atoms with van der Waals surface area (Å²) in [7, 11) is 0. The molecular formula is C29H36O11. The van der Waals surface area contributed by atoms with Gasteiger partial charge in [-0.2, -0.15) is 0 Å². The van der Waals surface area contributed by atoms with Crippen LogP contribution in [0, 0.1) is 16.7 Å². The summed E-state index contributed by atoms with van der Waals surface area (Å²) in [6.45, 7) is 3.71. The second kappa shape index (κ2) is 8.38. The van der Waals surface area contributed by atoms with E-state index in [2.05, 4.69) is 0 Å². The van der Waals surface area contributed by atoms with E-state index in [-0.39, 0.29) is 32.0 Å². The third-order valence-electron chi connectivity index (χ3n) is 11.6. The Balaban J connectivity index is 1.30. The molecule has 4 saturated heterocycles. The highest BCUT2D eigenvalue weighted by Crippen LogP contribution is 2.74. The molecule has 3 saturated carbocycles. The topological polar surface area (TPSA) is 158 Å². The molecule has 8 aliphatic rings.